The molecular formula is C15H24O2. The summed E-state index contributed by atoms with van der Waals surface area (Å²) in [7, 11) is 0. The molecule has 2 heteroatoms. The monoisotopic (exact) mass is 236 g/mol. The molecule has 0 aromatic rings. The second-order valence-electron chi connectivity index (χ2n) is 6.10. The topological polar surface area (TPSA) is 26.3 Å². The van der Waals surface area contributed by atoms with Gasteiger partial charge in [0.05, 0.1) is 0 Å². The van der Waals surface area contributed by atoms with Gasteiger partial charge in [0.25, 0.3) is 0 Å². The van der Waals surface area contributed by atoms with Crippen molar-refractivity contribution in [3.05, 3.63) is 12.2 Å². The van der Waals surface area contributed by atoms with E-state index >= 15 is 0 Å². The van der Waals surface area contributed by atoms with Crippen molar-refractivity contribution < 1.29 is 9.53 Å². The van der Waals surface area contributed by atoms with Gasteiger partial charge in [-0.15, -0.1) is 0 Å². The van der Waals surface area contributed by atoms with Crippen LogP contribution in [0.15, 0.2) is 12.2 Å². The van der Waals surface area contributed by atoms with E-state index in [1.807, 2.05) is 6.92 Å². The van der Waals surface area contributed by atoms with E-state index in [1.165, 1.54) is 26.2 Å². The summed E-state index contributed by atoms with van der Waals surface area (Å²) in [5.74, 6) is 2.32. The largest absolute Gasteiger partial charge is 0.459 e. The third-order valence-corrected chi connectivity index (χ3v) is 5.12. The predicted molar refractivity (Wildman–Crippen MR) is 68.5 cm³/mol. The first-order chi connectivity index (χ1) is 7.93. The standard InChI is InChI=1S/C15H24O2/c1-10(17-12(3)16)7-8-15(4)11(2)13-5-6-14(15)9-13/h7-8,10-11,13-14H,5-6,9H2,1-4H3/b8-7+. The first-order valence-electron chi connectivity index (χ1n) is 6.80. The molecule has 0 saturated heterocycles. The molecule has 0 aromatic heterocycles. The van der Waals surface area contributed by atoms with Gasteiger partial charge in [-0.3, -0.25) is 4.79 Å². The van der Waals surface area contributed by atoms with Crippen LogP contribution in [-0.4, -0.2) is 12.1 Å². The maximum Gasteiger partial charge on any atom is 0.303 e. The SMILES string of the molecule is CC(=O)OC(C)/C=C/C1(C)C2CCC(C2)C1C. The van der Waals surface area contributed by atoms with Gasteiger partial charge in [-0.1, -0.05) is 19.9 Å². The van der Waals surface area contributed by atoms with Crippen molar-refractivity contribution in [2.45, 2.75) is 53.1 Å². The lowest BCUT2D eigenvalue weighted by atomic mass is 9.68. The molecule has 0 radical (unpaired) electrons. The first kappa shape index (κ1) is 12.7. The molecule has 0 N–H and O–H groups in total. The van der Waals surface area contributed by atoms with Crippen LogP contribution in [0.5, 0.6) is 0 Å². The molecule has 0 heterocycles. The van der Waals surface area contributed by atoms with E-state index in [9.17, 15) is 4.79 Å². The zero-order valence-electron chi connectivity index (χ0n) is 11.4. The van der Waals surface area contributed by atoms with Crippen LogP contribution < -0.4 is 0 Å². The summed E-state index contributed by atoms with van der Waals surface area (Å²) in [6.45, 7) is 8.15. The summed E-state index contributed by atoms with van der Waals surface area (Å²) in [6.07, 6.45) is 8.46. The van der Waals surface area contributed by atoms with Crippen LogP contribution in [0.25, 0.3) is 0 Å². The van der Waals surface area contributed by atoms with Crippen molar-refractivity contribution in [1.29, 1.82) is 0 Å². The van der Waals surface area contributed by atoms with E-state index < -0.39 is 0 Å². The van der Waals surface area contributed by atoms with Crippen LogP contribution in [0.4, 0.5) is 0 Å². The fraction of sp³-hybridized carbons (Fsp3) is 0.800. The van der Waals surface area contributed by atoms with Crippen molar-refractivity contribution in [3.8, 4) is 0 Å². The van der Waals surface area contributed by atoms with Crippen molar-refractivity contribution in [1.82, 2.24) is 0 Å². The molecule has 2 saturated carbocycles. The molecule has 2 rings (SSSR count). The molecule has 0 spiro atoms. The molecule has 2 bridgehead atoms. The molecular weight excluding hydrogens is 212 g/mol. The van der Waals surface area contributed by atoms with Crippen LogP contribution in [0.3, 0.4) is 0 Å². The van der Waals surface area contributed by atoms with E-state index in [0.29, 0.717) is 5.41 Å². The van der Waals surface area contributed by atoms with Crippen LogP contribution in [-0.2, 0) is 9.53 Å². The van der Waals surface area contributed by atoms with Gasteiger partial charge in [-0.05, 0) is 55.4 Å². The lowest BCUT2D eigenvalue weighted by Gasteiger charge is -2.37. The quantitative estimate of drug-likeness (QED) is 0.553. The number of rotatable bonds is 3. The van der Waals surface area contributed by atoms with Gasteiger partial charge >= 0.3 is 5.97 Å². The maximum atomic E-state index is 10.9. The van der Waals surface area contributed by atoms with Gasteiger partial charge < -0.3 is 4.74 Å². The Bertz CT molecular complexity index is 330. The highest BCUT2D eigenvalue weighted by Crippen LogP contribution is 2.59. The van der Waals surface area contributed by atoms with Crippen molar-refractivity contribution >= 4 is 5.97 Å². The molecule has 2 aliphatic rings. The second-order valence-corrected chi connectivity index (χ2v) is 6.10. The van der Waals surface area contributed by atoms with Crippen LogP contribution in [0, 0.1) is 23.2 Å². The molecule has 5 unspecified atom stereocenters. The smallest absolute Gasteiger partial charge is 0.303 e. The Hall–Kier alpha value is -0.790. The minimum atomic E-state index is -0.201. The summed E-state index contributed by atoms with van der Waals surface area (Å²) in [5.41, 5.74) is 0.317. The number of ether oxygens (including phenoxy) is 1. The minimum Gasteiger partial charge on any atom is -0.459 e. The number of carbonyl (C=O) groups excluding carboxylic acids is 1. The number of esters is 1. The Morgan fingerprint density at radius 1 is 1.47 bits per heavy atom. The van der Waals surface area contributed by atoms with E-state index in [-0.39, 0.29) is 12.1 Å². The Morgan fingerprint density at radius 3 is 2.71 bits per heavy atom. The number of allylic oxidation sites excluding steroid dienone is 1. The average Bonchev–Trinajstić information content (AvgIpc) is 2.79. The molecule has 0 amide bonds. The molecule has 17 heavy (non-hydrogen) atoms. The summed E-state index contributed by atoms with van der Waals surface area (Å²) in [4.78, 5) is 10.9. The Morgan fingerprint density at radius 2 is 2.18 bits per heavy atom. The van der Waals surface area contributed by atoms with E-state index in [2.05, 4.69) is 26.0 Å². The van der Waals surface area contributed by atoms with Gasteiger partial charge in [-0.2, -0.15) is 0 Å². The molecule has 2 nitrogen and oxygen atoms in total. The minimum absolute atomic E-state index is 0.101. The summed E-state index contributed by atoms with van der Waals surface area (Å²) in [5, 5.41) is 0. The highest BCUT2D eigenvalue weighted by molar-refractivity contribution is 5.66. The van der Waals surface area contributed by atoms with Gasteiger partial charge in [-0.25, -0.2) is 0 Å². The van der Waals surface area contributed by atoms with Crippen molar-refractivity contribution in [2.24, 2.45) is 23.2 Å². The van der Waals surface area contributed by atoms with Gasteiger partial charge in [0, 0.05) is 6.92 Å². The summed E-state index contributed by atoms with van der Waals surface area (Å²) >= 11 is 0. The normalized spacial score (nSPS) is 42.0. The Labute approximate surface area is 104 Å². The third kappa shape index (κ3) is 2.27. The molecule has 0 aromatic carbocycles. The zero-order chi connectivity index (χ0) is 12.6. The van der Waals surface area contributed by atoms with E-state index in [1.54, 1.807) is 0 Å². The average molecular weight is 236 g/mol. The van der Waals surface area contributed by atoms with Crippen LogP contribution >= 0.6 is 0 Å². The van der Waals surface area contributed by atoms with Gasteiger partial charge in [0.1, 0.15) is 6.10 Å². The lowest BCUT2D eigenvalue weighted by Crippen LogP contribution is -2.30. The van der Waals surface area contributed by atoms with E-state index in [0.717, 1.165) is 17.8 Å². The first-order valence-corrected chi connectivity index (χ1v) is 6.80. The highest BCUT2D eigenvalue weighted by atomic mass is 16.5. The Balaban J connectivity index is 2.02. The maximum absolute atomic E-state index is 10.9. The fourth-order valence-electron chi connectivity index (χ4n) is 3.85. The number of hydrogen-bond acceptors (Lipinski definition) is 2. The fourth-order valence-corrected chi connectivity index (χ4v) is 3.85. The lowest BCUT2D eigenvalue weighted by molar-refractivity contribution is -0.143. The van der Waals surface area contributed by atoms with Crippen LogP contribution in [0.2, 0.25) is 0 Å². The highest BCUT2D eigenvalue weighted by Gasteiger charge is 2.51. The predicted octanol–water partition coefficient (Wildman–Crippen LogP) is 3.57. The summed E-state index contributed by atoms with van der Waals surface area (Å²) in [6, 6.07) is 0. The molecule has 2 aliphatic carbocycles. The van der Waals surface area contributed by atoms with Crippen LogP contribution in [0.1, 0.15) is 47.0 Å². The molecule has 96 valence electrons. The summed E-state index contributed by atoms with van der Waals surface area (Å²) < 4.78 is 5.14. The van der Waals surface area contributed by atoms with Crippen molar-refractivity contribution in [3.63, 3.8) is 0 Å². The van der Waals surface area contributed by atoms with Gasteiger partial charge in [0.2, 0.25) is 0 Å². The number of fused-ring (bicyclic) bond motifs is 2. The van der Waals surface area contributed by atoms with Crippen molar-refractivity contribution in [2.75, 3.05) is 0 Å². The van der Waals surface area contributed by atoms with Gasteiger partial charge in [0.15, 0.2) is 0 Å². The van der Waals surface area contributed by atoms with E-state index in [4.69, 9.17) is 4.74 Å². The molecule has 2 fully saturated rings. The molecule has 5 atom stereocenters. The Kier molecular flexibility index (Phi) is 3.33. The third-order valence-electron chi connectivity index (χ3n) is 5.12. The number of hydrogen-bond donors (Lipinski definition) is 0. The molecule has 0 aliphatic heterocycles. The second kappa shape index (κ2) is 4.47. The number of carbonyl (C=O) groups is 1. The zero-order valence-corrected chi connectivity index (χ0v) is 11.4.